The Bertz CT molecular complexity index is 619. The van der Waals surface area contributed by atoms with Crippen molar-refractivity contribution >= 4 is 27.3 Å². The molecular formula is C10H12ClN3O4S. The van der Waals surface area contributed by atoms with E-state index in [1.54, 1.807) is 0 Å². The van der Waals surface area contributed by atoms with Gasteiger partial charge >= 0.3 is 0 Å². The number of nitro benzene ring substituents is 1. The van der Waals surface area contributed by atoms with Crippen LogP contribution < -0.4 is 5.73 Å². The van der Waals surface area contributed by atoms with Gasteiger partial charge in [-0.15, -0.1) is 0 Å². The number of sulfonamides is 1. The molecule has 0 bridgehead atoms. The van der Waals surface area contributed by atoms with Crippen LogP contribution in [0.4, 0.5) is 5.69 Å². The Kier molecular flexibility index (Phi) is 3.77. The summed E-state index contributed by atoms with van der Waals surface area (Å²) in [7, 11) is -3.84. The average Bonchev–Trinajstić information content (AvgIpc) is 2.76. The standard InChI is InChI=1S/C10H12ClN3O4S/c11-9-2-1-8(14(15)16)5-10(9)19(17,18)13-4-3-7(12)6-13/h1-2,5,7H,3-4,6,12H2/t7-/m0/s1. The highest BCUT2D eigenvalue weighted by Gasteiger charge is 2.33. The Labute approximate surface area is 115 Å². The first-order valence-corrected chi connectivity index (χ1v) is 7.34. The van der Waals surface area contributed by atoms with Gasteiger partial charge in [-0.05, 0) is 12.5 Å². The monoisotopic (exact) mass is 305 g/mol. The molecule has 1 heterocycles. The van der Waals surface area contributed by atoms with Gasteiger partial charge in [0.25, 0.3) is 5.69 Å². The second kappa shape index (κ2) is 5.04. The van der Waals surface area contributed by atoms with Crippen molar-refractivity contribution in [3.8, 4) is 0 Å². The molecule has 1 aliphatic rings. The summed E-state index contributed by atoms with van der Waals surface area (Å²) < 4.78 is 25.9. The van der Waals surface area contributed by atoms with Crippen molar-refractivity contribution in [1.29, 1.82) is 0 Å². The molecule has 0 radical (unpaired) electrons. The fourth-order valence-corrected chi connectivity index (χ4v) is 3.92. The summed E-state index contributed by atoms with van der Waals surface area (Å²) in [5.41, 5.74) is 5.36. The molecule has 1 saturated heterocycles. The molecule has 2 rings (SSSR count). The van der Waals surface area contributed by atoms with Crippen LogP contribution in [0.3, 0.4) is 0 Å². The zero-order chi connectivity index (χ0) is 14.2. The number of halogens is 1. The van der Waals surface area contributed by atoms with Crippen LogP contribution in [0.15, 0.2) is 23.1 Å². The minimum atomic E-state index is -3.84. The lowest BCUT2D eigenvalue weighted by atomic mass is 10.3. The van der Waals surface area contributed by atoms with Gasteiger partial charge in [-0.25, -0.2) is 8.42 Å². The third kappa shape index (κ3) is 2.71. The van der Waals surface area contributed by atoms with Gasteiger partial charge in [0, 0.05) is 31.3 Å². The van der Waals surface area contributed by atoms with E-state index in [9.17, 15) is 18.5 Å². The van der Waals surface area contributed by atoms with Gasteiger partial charge in [0.15, 0.2) is 0 Å². The maximum absolute atomic E-state index is 12.3. The van der Waals surface area contributed by atoms with Crippen molar-refractivity contribution < 1.29 is 13.3 Å². The second-order valence-corrected chi connectivity index (χ2v) is 6.60. The van der Waals surface area contributed by atoms with Crippen LogP contribution in [0, 0.1) is 10.1 Å². The molecule has 9 heteroatoms. The third-order valence-electron chi connectivity index (χ3n) is 2.93. The summed E-state index contributed by atoms with van der Waals surface area (Å²) in [6.07, 6.45) is 0.561. The lowest BCUT2D eigenvalue weighted by molar-refractivity contribution is -0.385. The number of nitro groups is 1. The van der Waals surface area contributed by atoms with E-state index in [2.05, 4.69) is 0 Å². The van der Waals surface area contributed by atoms with E-state index in [0.717, 1.165) is 12.1 Å². The van der Waals surface area contributed by atoms with E-state index in [0.29, 0.717) is 13.0 Å². The number of hydrogen-bond donors (Lipinski definition) is 1. The van der Waals surface area contributed by atoms with Gasteiger partial charge in [0.05, 0.1) is 9.95 Å². The number of benzene rings is 1. The number of hydrogen-bond acceptors (Lipinski definition) is 5. The normalized spacial score (nSPS) is 20.6. The predicted molar refractivity (Wildman–Crippen MR) is 69.5 cm³/mol. The maximum Gasteiger partial charge on any atom is 0.270 e. The molecule has 1 aromatic rings. The molecule has 19 heavy (non-hydrogen) atoms. The largest absolute Gasteiger partial charge is 0.326 e. The smallest absolute Gasteiger partial charge is 0.270 e. The molecule has 7 nitrogen and oxygen atoms in total. The molecule has 0 amide bonds. The molecule has 2 N–H and O–H groups in total. The van der Waals surface area contributed by atoms with Crippen LogP contribution in [0.2, 0.25) is 5.02 Å². The van der Waals surface area contributed by atoms with Gasteiger partial charge < -0.3 is 5.73 Å². The topological polar surface area (TPSA) is 107 Å². The Morgan fingerprint density at radius 3 is 2.68 bits per heavy atom. The van der Waals surface area contributed by atoms with E-state index in [1.807, 2.05) is 0 Å². The summed E-state index contributed by atoms with van der Waals surface area (Å²) >= 11 is 5.84. The first-order chi connectivity index (χ1) is 8.82. The molecule has 0 aliphatic carbocycles. The molecule has 104 valence electrons. The molecule has 1 aromatic carbocycles. The maximum atomic E-state index is 12.3. The quantitative estimate of drug-likeness (QED) is 0.661. The zero-order valence-corrected chi connectivity index (χ0v) is 11.4. The van der Waals surface area contributed by atoms with Crippen molar-refractivity contribution in [2.45, 2.75) is 17.4 Å². The Morgan fingerprint density at radius 1 is 1.47 bits per heavy atom. The highest BCUT2D eigenvalue weighted by Crippen LogP contribution is 2.30. The van der Waals surface area contributed by atoms with E-state index in [1.165, 1.54) is 10.4 Å². The number of nitrogens with zero attached hydrogens (tertiary/aromatic N) is 2. The van der Waals surface area contributed by atoms with E-state index in [4.69, 9.17) is 17.3 Å². The SMILES string of the molecule is N[C@H]1CCN(S(=O)(=O)c2cc([N+](=O)[O-])ccc2Cl)C1. The van der Waals surface area contributed by atoms with E-state index < -0.39 is 14.9 Å². The van der Waals surface area contributed by atoms with Crippen molar-refractivity contribution in [3.63, 3.8) is 0 Å². The lowest BCUT2D eigenvalue weighted by Crippen LogP contribution is -2.32. The Hall–Kier alpha value is -1.22. The highest BCUT2D eigenvalue weighted by atomic mass is 35.5. The number of non-ortho nitro benzene ring substituents is 1. The van der Waals surface area contributed by atoms with Crippen LogP contribution >= 0.6 is 11.6 Å². The van der Waals surface area contributed by atoms with Crippen molar-refractivity contribution in [2.24, 2.45) is 5.73 Å². The molecule has 0 spiro atoms. The molecule has 1 aliphatic heterocycles. The molecule has 1 fully saturated rings. The summed E-state index contributed by atoms with van der Waals surface area (Å²) in [5.74, 6) is 0. The summed E-state index contributed by atoms with van der Waals surface area (Å²) in [6.45, 7) is 0.490. The van der Waals surface area contributed by atoms with Crippen molar-refractivity contribution in [1.82, 2.24) is 4.31 Å². The number of rotatable bonds is 3. The van der Waals surface area contributed by atoms with Gasteiger partial charge in [0.2, 0.25) is 10.0 Å². The minimum Gasteiger partial charge on any atom is -0.326 e. The van der Waals surface area contributed by atoms with Gasteiger partial charge in [-0.2, -0.15) is 4.31 Å². The fraction of sp³-hybridized carbons (Fsp3) is 0.400. The third-order valence-corrected chi connectivity index (χ3v) is 5.28. The lowest BCUT2D eigenvalue weighted by Gasteiger charge is -2.16. The number of nitrogens with two attached hydrogens (primary N) is 1. The van der Waals surface area contributed by atoms with Crippen LogP contribution in [0.25, 0.3) is 0 Å². The predicted octanol–water partition coefficient (Wildman–Crippen LogP) is 0.970. The zero-order valence-electron chi connectivity index (χ0n) is 9.82. The molecule has 0 aromatic heterocycles. The summed E-state index contributed by atoms with van der Waals surface area (Å²) in [4.78, 5) is 9.78. The van der Waals surface area contributed by atoms with Gasteiger partial charge in [0.1, 0.15) is 4.90 Å². The second-order valence-electron chi connectivity index (χ2n) is 4.28. The highest BCUT2D eigenvalue weighted by molar-refractivity contribution is 7.89. The fourth-order valence-electron chi connectivity index (χ4n) is 1.91. The van der Waals surface area contributed by atoms with Crippen molar-refractivity contribution in [2.75, 3.05) is 13.1 Å². The Morgan fingerprint density at radius 2 is 2.16 bits per heavy atom. The van der Waals surface area contributed by atoms with Crippen molar-refractivity contribution in [3.05, 3.63) is 33.3 Å². The molecule has 1 atom stereocenters. The van der Waals surface area contributed by atoms with Crippen LogP contribution in [-0.4, -0.2) is 36.8 Å². The van der Waals surface area contributed by atoms with Gasteiger partial charge in [-0.1, -0.05) is 11.6 Å². The van der Waals surface area contributed by atoms with E-state index >= 15 is 0 Å². The van der Waals surface area contributed by atoms with Crippen LogP contribution in [0.1, 0.15) is 6.42 Å². The average molecular weight is 306 g/mol. The molecular weight excluding hydrogens is 294 g/mol. The minimum absolute atomic E-state index is 0.0360. The first-order valence-electron chi connectivity index (χ1n) is 5.52. The molecule has 0 saturated carbocycles. The molecule has 0 unspecified atom stereocenters. The van der Waals surface area contributed by atoms with Crippen LogP contribution in [-0.2, 0) is 10.0 Å². The van der Waals surface area contributed by atoms with Gasteiger partial charge in [-0.3, -0.25) is 10.1 Å². The summed E-state index contributed by atoms with van der Waals surface area (Å²) in [5, 5.41) is 10.7. The Balaban J connectivity index is 2.45. The summed E-state index contributed by atoms with van der Waals surface area (Å²) in [6, 6.07) is 3.13. The van der Waals surface area contributed by atoms with E-state index in [-0.39, 0.29) is 28.2 Å². The first kappa shape index (κ1) is 14.2. The van der Waals surface area contributed by atoms with Crippen LogP contribution in [0.5, 0.6) is 0 Å².